The van der Waals surface area contributed by atoms with Gasteiger partial charge in [0.15, 0.2) is 0 Å². The summed E-state index contributed by atoms with van der Waals surface area (Å²) in [5, 5.41) is 0. The Labute approximate surface area is 122 Å². The first-order chi connectivity index (χ1) is 9.68. The number of rotatable bonds is 7. The molecule has 0 radical (unpaired) electrons. The van der Waals surface area contributed by atoms with Crippen LogP contribution < -0.4 is 17.2 Å². The van der Waals surface area contributed by atoms with Crippen LogP contribution in [0.5, 0.6) is 0 Å². The molecule has 1 aromatic rings. The summed E-state index contributed by atoms with van der Waals surface area (Å²) in [4.78, 5) is 21.8. The number of hydrogen-bond acceptors (Lipinski definition) is 5. The topological polar surface area (TPSA) is 150 Å². The van der Waals surface area contributed by atoms with Gasteiger partial charge in [-0.2, -0.15) is 4.31 Å². The molecular formula is C12H18N4O4S. The van der Waals surface area contributed by atoms with Crippen LogP contribution in [-0.2, 0) is 26.0 Å². The highest BCUT2D eigenvalue weighted by molar-refractivity contribution is 7.89. The Hall–Kier alpha value is -2.13. The molecule has 0 spiro atoms. The molecule has 6 N–H and O–H groups in total. The zero-order valence-electron chi connectivity index (χ0n) is 11.6. The van der Waals surface area contributed by atoms with Crippen LogP contribution in [0.2, 0.25) is 0 Å². The van der Waals surface area contributed by atoms with Crippen LogP contribution in [0.3, 0.4) is 0 Å². The summed E-state index contributed by atoms with van der Waals surface area (Å²) < 4.78 is 25.4. The molecule has 0 unspecified atom stereocenters. The van der Waals surface area contributed by atoms with E-state index >= 15 is 0 Å². The standard InChI is InChI=1S/C12H18N4O4S/c1-2-8-3-4-9(5-10(8)13)21(19,20)16(6-11(14)17)7-12(15)18/h3-5H,2,6-7,13H2,1H3,(H2,14,17)(H2,15,18). The summed E-state index contributed by atoms with van der Waals surface area (Å²) in [5.74, 6) is -1.78. The molecule has 0 heterocycles. The third kappa shape index (κ3) is 4.17. The molecule has 0 aliphatic heterocycles. The van der Waals surface area contributed by atoms with Gasteiger partial charge in [0.25, 0.3) is 0 Å². The summed E-state index contributed by atoms with van der Waals surface area (Å²) in [7, 11) is -4.09. The molecule has 0 bridgehead atoms. The van der Waals surface area contributed by atoms with Crippen LogP contribution in [-0.4, -0.2) is 37.6 Å². The Balaban J connectivity index is 3.24. The minimum Gasteiger partial charge on any atom is -0.398 e. The fourth-order valence-electron chi connectivity index (χ4n) is 1.78. The lowest BCUT2D eigenvalue weighted by atomic mass is 10.1. The van der Waals surface area contributed by atoms with Gasteiger partial charge in [-0.3, -0.25) is 9.59 Å². The van der Waals surface area contributed by atoms with Crippen molar-refractivity contribution in [2.45, 2.75) is 18.2 Å². The summed E-state index contributed by atoms with van der Waals surface area (Å²) in [5.41, 5.74) is 16.9. The van der Waals surface area contributed by atoms with Crippen molar-refractivity contribution in [3.05, 3.63) is 23.8 Å². The van der Waals surface area contributed by atoms with E-state index in [9.17, 15) is 18.0 Å². The normalized spacial score (nSPS) is 11.5. The van der Waals surface area contributed by atoms with Gasteiger partial charge < -0.3 is 17.2 Å². The van der Waals surface area contributed by atoms with Crippen molar-refractivity contribution in [3.8, 4) is 0 Å². The third-order valence-corrected chi connectivity index (χ3v) is 4.59. The van der Waals surface area contributed by atoms with E-state index in [-0.39, 0.29) is 4.90 Å². The second-order valence-electron chi connectivity index (χ2n) is 4.42. The molecule has 1 rings (SSSR count). The third-order valence-electron chi connectivity index (χ3n) is 2.80. The zero-order chi connectivity index (χ0) is 16.2. The Morgan fingerprint density at radius 2 is 1.67 bits per heavy atom. The van der Waals surface area contributed by atoms with Gasteiger partial charge in [0.05, 0.1) is 18.0 Å². The van der Waals surface area contributed by atoms with Crippen molar-refractivity contribution in [2.24, 2.45) is 11.5 Å². The van der Waals surface area contributed by atoms with Crippen molar-refractivity contribution < 1.29 is 18.0 Å². The van der Waals surface area contributed by atoms with Crippen LogP contribution in [0.15, 0.2) is 23.1 Å². The van der Waals surface area contributed by atoms with Crippen LogP contribution in [0.1, 0.15) is 12.5 Å². The monoisotopic (exact) mass is 314 g/mol. The Kier molecular flexibility index (Phi) is 5.28. The van der Waals surface area contributed by atoms with Gasteiger partial charge in [0, 0.05) is 5.69 Å². The smallest absolute Gasteiger partial charge is 0.244 e. The molecule has 0 aliphatic rings. The van der Waals surface area contributed by atoms with Gasteiger partial charge in [-0.15, -0.1) is 0 Å². The van der Waals surface area contributed by atoms with Crippen molar-refractivity contribution in [1.29, 1.82) is 0 Å². The molecule has 9 heteroatoms. The van der Waals surface area contributed by atoms with Crippen molar-refractivity contribution in [3.63, 3.8) is 0 Å². The summed E-state index contributed by atoms with van der Waals surface area (Å²) in [6.07, 6.45) is 0.651. The number of primary amides is 2. The molecule has 1 aromatic carbocycles. The van der Waals surface area contributed by atoms with Gasteiger partial charge in [-0.05, 0) is 24.1 Å². The minimum absolute atomic E-state index is 0.125. The lowest BCUT2D eigenvalue weighted by Crippen LogP contribution is -2.43. The molecule has 0 fully saturated rings. The average Bonchev–Trinajstić information content (AvgIpc) is 2.36. The van der Waals surface area contributed by atoms with E-state index in [2.05, 4.69) is 0 Å². The number of amides is 2. The van der Waals surface area contributed by atoms with E-state index in [0.717, 1.165) is 5.56 Å². The van der Waals surface area contributed by atoms with Crippen molar-refractivity contribution in [1.82, 2.24) is 4.31 Å². The number of aryl methyl sites for hydroxylation is 1. The molecule has 2 amide bonds. The lowest BCUT2D eigenvalue weighted by molar-refractivity contribution is -0.120. The van der Waals surface area contributed by atoms with Crippen molar-refractivity contribution in [2.75, 3.05) is 18.8 Å². The lowest BCUT2D eigenvalue weighted by Gasteiger charge is -2.19. The quantitative estimate of drug-likeness (QED) is 0.540. The van der Waals surface area contributed by atoms with Gasteiger partial charge in [0.2, 0.25) is 21.8 Å². The highest BCUT2D eigenvalue weighted by Gasteiger charge is 2.27. The van der Waals surface area contributed by atoms with Gasteiger partial charge >= 0.3 is 0 Å². The number of benzene rings is 1. The zero-order valence-corrected chi connectivity index (χ0v) is 12.4. The van der Waals surface area contributed by atoms with Gasteiger partial charge in [-0.25, -0.2) is 8.42 Å². The number of nitrogens with zero attached hydrogens (tertiary/aromatic N) is 1. The highest BCUT2D eigenvalue weighted by atomic mass is 32.2. The molecule has 116 valence electrons. The SMILES string of the molecule is CCc1ccc(S(=O)(=O)N(CC(N)=O)CC(N)=O)cc1N. The first kappa shape index (κ1) is 16.9. The van der Waals surface area contributed by atoms with E-state index in [1.165, 1.54) is 12.1 Å². The van der Waals surface area contributed by atoms with Gasteiger partial charge in [-0.1, -0.05) is 13.0 Å². The molecule has 0 aliphatic carbocycles. The summed E-state index contributed by atoms with van der Waals surface area (Å²) in [6.45, 7) is 0.605. The second kappa shape index (κ2) is 6.55. The Morgan fingerprint density at radius 1 is 1.14 bits per heavy atom. The van der Waals surface area contributed by atoms with Crippen LogP contribution in [0.25, 0.3) is 0 Å². The maximum atomic E-state index is 12.4. The molecule has 0 atom stereocenters. The van der Waals surface area contributed by atoms with Gasteiger partial charge in [0.1, 0.15) is 0 Å². The first-order valence-electron chi connectivity index (χ1n) is 6.13. The maximum absolute atomic E-state index is 12.4. The number of hydrogen-bond donors (Lipinski definition) is 3. The highest BCUT2D eigenvalue weighted by Crippen LogP contribution is 2.21. The Morgan fingerprint density at radius 3 is 2.05 bits per heavy atom. The van der Waals surface area contributed by atoms with E-state index in [1.807, 2.05) is 6.92 Å². The molecular weight excluding hydrogens is 296 g/mol. The van der Waals surface area contributed by atoms with Crippen LogP contribution in [0.4, 0.5) is 5.69 Å². The number of carbonyl (C=O) groups excluding carboxylic acids is 2. The molecule has 21 heavy (non-hydrogen) atoms. The fraction of sp³-hybridized carbons (Fsp3) is 0.333. The maximum Gasteiger partial charge on any atom is 0.244 e. The molecule has 0 aromatic heterocycles. The largest absolute Gasteiger partial charge is 0.398 e. The number of nitrogen functional groups attached to an aromatic ring is 1. The second-order valence-corrected chi connectivity index (χ2v) is 6.36. The number of anilines is 1. The van der Waals surface area contributed by atoms with E-state index < -0.39 is 34.9 Å². The average molecular weight is 314 g/mol. The van der Waals surface area contributed by atoms with E-state index in [1.54, 1.807) is 6.07 Å². The Bertz CT molecular complexity index is 641. The van der Waals surface area contributed by atoms with Crippen LogP contribution >= 0.6 is 0 Å². The van der Waals surface area contributed by atoms with Crippen molar-refractivity contribution >= 4 is 27.5 Å². The van der Waals surface area contributed by atoms with Crippen LogP contribution in [0, 0.1) is 0 Å². The number of carbonyl (C=O) groups is 2. The number of nitrogens with two attached hydrogens (primary N) is 3. The molecule has 0 saturated heterocycles. The summed E-state index contributed by atoms with van der Waals surface area (Å²) >= 11 is 0. The predicted molar refractivity (Wildman–Crippen MR) is 77.4 cm³/mol. The fourth-order valence-corrected chi connectivity index (χ4v) is 3.19. The molecule has 8 nitrogen and oxygen atoms in total. The summed E-state index contributed by atoms with van der Waals surface area (Å²) in [6, 6.07) is 4.22. The first-order valence-corrected chi connectivity index (χ1v) is 7.57. The predicted octanol–water partition coefficient (Wildman–Crippen LogP) is -1.21. The minimum atomic E-state index is -4.09. The van der Waals surface area contributed by atoms with E-state index in [4.69, 9.17) is 17.2 Å². The van der Waals surface area contributed by atoms with E-state index in [0.29, 0.717) is 16.4 Å². The number of sulfonamides is 1. The molecule has 0 saturated carbocycles.